The lowest BCUT2D eigenvalue weighted by Crippen LogP contribution is -2.50. The molecule has 394 valence electrons. The Morgan fingerprint density at radius 1 is 0.932 bits per heavy atom. The molecule has 0 saturated carbocycles. The van der Waals surface area contributed by atoms with E-state index in [1.165, 1.54) is 27.9 Å². The lowest BCUT2D eigenvalue weighted by atomic mass is 9.77. The van der Waals surface area contributed by atoms with Crippen molar-refractivity contribution in [1.29, 1.82) is 0 Å². The van der Waals surface area contributed by atoms with Gasteiger partial charge in [-0.05, 0) is 53.6 Å². The fraction of sp³-hybridized carbons (Fsp3) is 0.510. The molecule has 73 heavy (non-hydrogen) atoms. The molecule has 2 aromatic carbocycles. The number of hydrogen-bond donors (Lipinski definition) is 6. The van der Waals surface area contributed by atoms with Gasteiger partial charge < -0.3 is 64.6 Å². The van der Waals surface area contributed by atoms with Crippen LogP contribution < -0.4 is 15.8 Å². The normalized spacial score (nSPS) is 20.9. The molecule has 0 aliphatic carbocycles. The number of nitrogens with one attached hydrogen (secondary N) is 1. The fourth-order valence-corrected chi connectivity index (χ4v) is 9.81. The summed E-state index contributed by atoms with van der Waals surface area (Å²) in [6.07, 6.45) is -3.99. The second-order valence-electron chi connectivity index (χ2n) is 19.3. The molecular formula is C51H64ClN7O13S. The Kier molecular flexibility index (Phi) is 19.1. The zero-order valence-corrected chi connectivity index (χ0v) is 42.8. The number of ketones is 2. The Labute approximate surface area is 431 Å². The first-order chi connectivity index (χ1) is 34.9. The number of amides is 2. The van der Waals surface area contributed by atoms with Gasteiger partial charge in [-0.2, -0.15) is 0 Å². The molecule has 22 heteroatoms. The van der Waals surface area contributed by atoms with Crippen molar-refractivity contribution in [3.8, 4) is 16.2 Å². The molecule has 20 nitrogen and oxygen atoms in total. The second-order valence-corrected chi connectivity index (χ2v) is 20.5. The zero-order chi connectivity index (χ0) is 52.4. The zero-order valence-electron chi connectivity index (χ0n) is 41.2. The summed E-state index contributed by atoms with van der Waals surface area (Å²) in [6, 6.07) is 13.2. The van der Waals surface area contributed by atoms with Crippen molar-refractivity contribution in [1.82, 2.24) is 29.7 Å². The van der Waals surface area contributed by atoms with E-state index in [2.05, 4.69) is 20.3 Å². The predicted octanol–water partition coefficient (Wildman–Crippen LogP) is 4.13. The maximum atomic E-state index is 14.0. The van der Waals surface area contributed by atoms with E-state index >= 15 is 0 Å². The minimum Gasteiger partial charge on any atom is -0.492 e. The molecule has 7 rings (SSSR count). The molecule has 2 aliphatic heterocycles. The highest BCUT2D eigenvalue weighted by molar-refractivity contribution is 7.13. The summed E-state index contributed by atoms with van der Waals surface area (Å²) < 4.78 is 29.9. The largest absolute Gasteiger partial charge is 0.492 e. The summed E-state index contributed by atoms with van der Waals surface area (Å²) in [7, 11) is 0. The van der Waals surface area contributed by atoms with Crippen LogP contribution in [-0.4, -0.2) is 151 Å². The van der Waals surface area contributed by atoms with E-state index in [0.29, 0.717) is 23.0 Å². The minimum atomic E-state index is -1.45. The first-order valence-corrected chi connectivity index (χ1v) is 25.4. The highest BCUT2D eigenvalue weighted by Gasteiger charge is 2.48. The molecule has 0 bridgehead atoms. The summed E-state index contributed by atoms with van der Waals surface area (Å²) in [5, 5.41) is 47.3. The van der Waals surface area contributed by atoms with E-state index < -0.39 is 54.1 Å². The molecule has 8 atom stereocenters. The van der Waals surface area contributed by atoms with Crippen molar-refractivity contribution in [2.45, 2.75) is 103 Å². The van der Waals surface area contributed by atoms with E-state index in [1.807, 2.05) is 52.0 Å². The van der Waals surface area contributed by atoms with Crippen LogP contribution in [0.2, 0.25) is 5.02 Å². The number of carbonyl (C=O) groups excluding carboxylic acids is 4. The lowest BCUT2D eigenvalue weighted by molar-refractivity contribution is -0.147. The fourth-order valence-electron chi connectivity index (χ4n) is 8.83. The van der Waals surface area contributed by atoms with Crippen molar-refractivity contribution < 1.29 is 63.3 Å². The number of anilines is 1. The number of nitrogens with zero attached hydrogens (tertiary/aromatic N) is 5. The number of nitrogens with two attached hydrogens (primary N) is 1. The quantitative estimate of drug-likeness (QED) is 0.0448. The Bertz CT molecular complexity index is 2680. The van der Waals surface area contributed by atoms with Crippen LogP contribution in [0.1, 0.15) is 75.6 Å². The lowest BCUT2D eigenvalue weighted by Gasteiger charge is -2.34. The van der Waals surface area contributed by atoms with Gasteiger partial charge in [0.15, 0.2) is 17.8 Å². The number of β-amino-alcohol motifs (C(OH)–C–C–N with tert-alkyl or cyclic N) is 1. The molecule has 3 aromatic heterocycles. The van der Waals surface area contributed by atoms with Gasteiger partial charge in [-0.25, -0.2) is 15.0 Å². The molecule has 2 aliphatic rings. The average Bonchev–Trinajstić information content (AvgIpc) is 4.16. The number of thiazole rings is 1. The third-order valence-corrected chi connectivity index (χ3v) is 14.2. The van der Waals surface area contributed by atoms with Gasteiger partial charge >= 0.3 is 0 Å². The van der Waals surface area contributed by atoms with Gasteiger partial charge in [0.05, 0.1) is 65.6 Å². The monoisotopic (exact) mass is 1050 g/mol. The van der Waals surface area contributed by atoms with Crippen molar-refractivity contribution >= 4 is 63.2 Å². The molecular weight excluding hydrogens is 986 g/mol. The Morgan fingerprint density at radius 2 is 1.64 bits per heavy atom. The van der Waals surface area contributed by atoms with Crippen molar-refractivity contribution in [3.63, 3.8) is 0 Å². The smallest absolute Gasteiger partial charge is 0.243 e. The summed E-state index contributed by atoms with van der Waals surface area (Å²) in [5.41, 5.74) is 10.7. The van der Waals surface area contributed by atoms with Crippen LogP contribution in [0.15, 0.2) is 66.6 Å². The van der Waals surface area contributed by atoms with Crippen molar-refractivity contribution in [2.75, 3.05) is 58.5 Å². The van der Waals surface area contributed by atoms with Gasteiger partial charge in [-0.1, -0.05) is 62.7 Å². The molecule has 7 N–H and O–H groups in total. The van der Waals surface area contributed by atoms with Gasteiger partial charge in [-0.15, -0.1) is 11.3 Å². The molecule has 5 aromatic rings. The number of halogens is 1. The minimum absolute atomic E-state index is 0.00904. The van der Waals surface area contributed by atoms with Crippen molar-refractivity contribution in [3.05, 3.63) is 88.4 Å². The highest BCUT2D eigenvalue weighted by atomic mass is 35.5. The number of ether oxygens (including phenoxy) is 5. The van der Waals surface area contributed by atoms with E-state index in [1.54, 1.807) is 35.2 Å². The number of benzene rings is 2. The Balaban J connectivity index is 0.751. The van der Waals surface area contributed by atoms with Crippen LogP contribution in [0.5, 0.6) is 5.75 Å². The average molecular weight is 1050 g/mol. The molecule has 5 heterocycles. The number of Topliss-reactive ketones (excluding diaryl/α,β-unsaturated/α-hetero) is 2. The first kappa shape index (κ1) is 55.3. The van der Waals surface area contributed by atoms with Crippen LogP contribution in [0.25, 0.3) is 21.5 Å². The van der Waals surface area contributed by atoms with Gasteiger partial charge in [0, 0.05) is 44.5 Å². The summed E-state index contributed by atoms with van der Waals surface area (Å²) >= 11 is 7.93. The number of aliphatic hydroxyl groups excluding tert-OH is 4. The molecule has 2 amide bonds. The number of nitrogen functional groups attached to an aromatic ring is 1. The molecule has 0 unspecified atom stereocenters. The number of likely N-dealkylation sites (tertiary alicyclic amines) is 1. The number of carbonyl (C=O) groups is 4. The van der Waals surface area contributed by atoms with E-state index in [4.69, 9.17) is 41.0 Å². The summed E-state index contributed by atoms with van der Waals surface area (Å²) in [6.45, 7) is 8.13. The van der Waals surface area contributed by atoms with E-state index in [9.17, 15) is 39.6 Å². The SMILES string of the molecule is Cc1ncsc1-c1ccc(CNC(=O)[C@@H]2C[C@@H](O)CN2C(=O)[C@@H](CC(=O)COCCOCCOCC(=O)CCCOc2cc([C@@H](O)[C@H]3O[C@@H](n4ccc5c(N)ncnc54)[C@H](O)[C@@H]3O)ccc2Cl)C(C)(C)C)cc1. The number of aliphatic hydroxyl groups is 4. The van der Waals surface area contributed by atoms with Crippen LogP contribution in [0, 0.1) is 18.3 Å². The van der Waals surface area contributed by atoms with Crippen LogP contribution >= 0.6 is 22.9 Å². The number of hydrogen-bond acceptors (Lipinski definition) is 18. The number of aromatic nitrogens is 4. The van der Waals surface area contributed by atoms with Crippen LogP contribution in [0.4, 0.5) is 5.82 Å². The third kappa shape index (κ3) is 14.0. The number of aryl methyl sites for hydroxylation is 1. The molecule has 2 fully saturated rings. The summed E-state index contributed by atoms with van der Waals surface area (Å²) in [5.74, 6) is -1.45. The number of fused-ring (bicyclic) bond motifs is 1. The van der Waals surface area contributed by atoms with Gasteiger partial charge in [-0.3, -0.25) is 19.2 Å². The molecule has 0 radical (unpaired) electrons. The van der Waals surface area contributed by atoms with E-state index in [-0.39, 0.29) is 119 Å². The van der Waals surface area contributed by atoms with Gasteiger partial charge in [0.1, 0.15) is 67.2 Å². The van der Waals surface area contributed by atoms with Crippen molar-refractivity contribution in [2.24, 2.45) is 11.3 Å². The van der Waals surface area contributed by atoms with Crippen LogP contribution in [-0.2, 0) is 44.7 Å². The van der Waals surface area contributed by atoms with Crippen LogP contribution in [0.3, 0.4) is 0 Å². The summed E-state index contributed by atoms with van der Waals surface area (Å²) in [4.78, 5) is 68.0. The van der Waals surface area contributed by atoms with E-state index in [0.717, 1.165) is 21.7 Å². The predicted molar refractivity (Wildman–Crippen MR) is 269 cm³/mol. The van der Waals surface area contributed by atoms with Gasteiger partial charge in [0.25, 0.3) is 0 Å². The maximum Gasteiger partial charge on any atom is 0.243 e. The topological polar surface area (TPSA) is 280 Å². The first-order valence-electron chi connectivity index (χ1n) is 24.1. The number of rotatable bonds is 25. The Hall–Kier alpha value is -5.46. The molecule has 0 spiro atoms. The molecule has 2 saturated heterocycles. The third-order valence-electron chi connectivity index (χ3n) is 12.9. The van der Waals surface area contributed by atoms with Gasteiger partial charge in [0.2, 0.25) is 11.8 Å². The maximum absolute atomic E-state index is 14.0. The highest BCUT2D eigenvalue weighted by Crippen LogP contribution is 2.40. The second kappa shape index (κ2) is 25.2. The Morgan fingerprint density at radius 3 is 2.34 bits per heavy atom. The standard InChI is InChI=1S/C51H64ClN7O13S/c1-29-45(73-28-57-29)31-9-7-30(8-10-31)23-54-48(66)39-22-34(61)24-59(39)49(67)37(51(2,3)4)21-35(62)26-70-19-17-68-16-18-69-25-33(60)6-5-15-71-40-20-32(11-12-38(40)52)41(63)44-42(64)43(65)50(72-44)58-14-13-36-46(53)55-27-56-47(36)58/h7-14,20,27-28,34,37,39,41-44,50,61,63-65H,5-6,15-19,21-26H2,1-4H3,(H,54,66)(H2,53,55,56)/t34-,37-,39+,41-,42+,43-,44-,50-/m1/s1.